The lowest BCUT2D eigenvalue weighted by atomic mass is 10.0. The molecular weight excluding hydrogens is 420 g/mol. The van der Waals surface area contributed by atoms with Crippen molar-refractivity contribution in [3.63, 3.8) is 0 Å². The summed E-state index contributed by atoms with van der Waals surface area (Å²) in [5.41, 5.74) is 3.42. The molecule has 2 heterocycles. The molecule has 5 aromatic rings. The number of hydrogen-bond acceptors (Lipinski definition) is 5. The van der Waals surface area contributed by atoms with Gasteiger partial charge in [-0.25, -0.2) is 4.79 Å². The lowest BCUT2D eigenvalue weighted by molar-refractivity contribution is -0.145. The topological polar surface area (TPSA) is 93.6 Å². The third-order valence-corrected chi connectivity index (χ3v) is 5.64. The Labute approximate surface area is 189 Å². The van der Waals surface area contributed by atoms with E-state index in [1.807, 2.05) is 66.9 Å². The number of amides is 1. The monoisotopic (exact) mass is 442 g/mol. The summed E-state index contributed by atoms with van der Waals surface area (Å²) in [4.78, 5) is 28.1. The maximum atomic E-state index is 12.6. The van der Waals surface area contributed by atoms with Crippen LogP contribution in [0.1, 0.15) is 5.56 Å². The summed E-state index contributed by atoms with van der Waals surface area (Å²) in [6, 6.07) is 20.1. The van der Waals surface area contributed by atoms with Gasteiger partial charge in [0.1, 0.15) is 23.0 Å². The first-order chi connectivity index (χ1) is 16.1. The number of carbonyl (C=O) groups is 2. The molecule has 1 atom stereocenters. The number of fused-ring (bicyclic) bond motifs is 4. The van der Waals surface area contributed by atoms with Gasteiger partial charge in [0, 0.05) is 34.3 Å². The van der Waals surface area contributed by atoms with Crippen LogP contribution < -0.4 is 10.1 Å². The van der Waals surface area contributed by atoms with Crippen LogP contribution in [0.25, 0.3) is 32.8 Å². The maximum Gasteiger partial charge on any atom is 0.328 e. The van der Waals surface area contributed by atoms with E-state index in [1.54, 1.807) is 6.07 Å². The third kappa shape index (κ3) is 4.13. The zero-order chi connectivity index (χ0) is 22.8. The van der Waals surface area contributed by atoms with Gasteiger partial charge in [-0.3, -0.25) is 4.79 Å². The van der Waals surface area contributed by atoms with Crippen molar-refractivity contribution in [3.8, 4) is 5.75 Å². The van der Waals surface area contributed by atoms with Crippen LogP contribution in [-0.2, 0) is 20.7 Å². The van der Waals surface area contributed by atoms with Crippen LogP contribution >= 0.6 is 0 Å². The first kappa shape index (κ1) is 20.6. The second kappa shape index (κ2) is 8.70. The van der Waals surface area contributed by atoms with E-state index in [9.17, 15) is 9.59 Å². The molecule has 7 heteroatoms. The summed E-state index contributed by atoms with van der Waals surface area (Å²) in [6.07, 6.45) is 2.14. The molecule has 1 amide bonds. The number of carbonyl (C=O) groups excluding carboxylic acids is 2. The number of benzene rings is 3. The van der Waals surface area contributed by atoms with Crippen molar-refractivity contribution in [2.75, 3.05) is 13.7 Å². The highest BCUT2D eigenvalue weighted by Crippen LogP contribution is 2.31. The SMILES string of the molecule is COC(=O)[C@H](Cc1c[nH]c2ccccc12)NC(=O)COc1ccc2oc3ccccc3c2c1. The third-order valence-electron chi connectivity index (χ3n) is 5.64. The van der Waals surface area contributed by atoms with Crippen molar-refractivity contribution in [2.24, 2.45) is 0 Å². The molecular formula is C26H22N2O5. The Morgan fingerprint density at radius 2 is 1.73 bits per heavy atom. The summed E-state index contributed by atoms with van der Waals surface area (Å²) >= 11 is 0. The Kier molecular flexibility index (Phi) is 5.44. The Hall–Kier alpha value is -4.26. The van der Waals surface area contributed by atoms with Crippen LogP contribution in [0.3, 0.4) is 0 Å². The molecule has 0 bridgehead atoms. The minimum Gasteiger partial charge on any atom is -0.484 e. The van der Waals surface area contributed by atoms with Gasteiger partial charge in [-0.1, -0.05) is 36.4 Å². The Balaban J connectivity index is 1.28. The molecule has 3 aromatic carbocycles. The summed E-state index contributed by atoms with van der Waals surface area (Å²) < 4.78 is 16.4. The molecule has 0 aliphatic rings. The molecule has 2 aromatic heterocycles. The average molecular weight is 442 g/mol. The Morgan fingerprint density at radius 3 is 2.58 bits per heavy atom. The van der Waals surface area contributed by atoms with Gasteiger partial charge in [-0.2, -0.15) is 0 Å². The van der Waals surface area contributed by atoms with E-state index in [1.165, 1.54) is 7.11 Å². The number of hydrogen-bond donors (Lipinski definition) is 2. The molecule has 2 N–H and O–H groups in total. The Morgan fingerprint density at radius 1 is 0.970 bits per heavy atom. The molecule has 0 saturated carbocycles. The average Bonchev–Trinajstić information content (AvgIpc) is 3.43. The van der Waals surface area contributed by atoms with Crippen molar-refractivity contribution in [2.45, 2.75) is 12.5 Å². The standard InChI is InChI=1S/C26H22N2O5/c1-31-26(30)22(12-16-14-27-21-8-4-2-6-18(16)21)28-25(29)15-32-17-10-11-24-20(13-17)19-7-3-5-9-23(19)33-24/h2-11,13-14,22,27H,12,15H2,1H3,(H,28,29)/t22-/m0/s1. The van der Waals surface area contributed by atoms with Gasteiger partial charge in [0.05, 0.1) is 7.11 Å². The second-order valence-corrected chi connectivity index (χ2v) is 7.75. The molecule has 0 fully saturated rings. The van der Waals surface area contributed by atoms with Crippen molar-refractivity contribution in [3.05, 3.63) is 78.5 Å². The van der Waals surface area contributed by atoms with Crippen molar-refractivity contribution < 1.29 is 23.5 Å². The van der Waals surface area contributed by atoms with E-state index >= 15 is 0 Å². The van der Waals surface area contributed by atoms with E-state index in [0.29, 0.717) is 12.2 Å². The molecule has 0 saturated heterocycles. The lowest BCUT2D eigenvalue weighted by Gasteiger charge is -2.16. The second-order valence-electron chi connectivity index (χ2n) is 7.75. The van der Waals surface area contributed by atoms with Crippen LogP contribution in [0.2, 0.25) is 0 Å². The number of para-hydroxylation sites is 2. The zero-order valence-corrected chi connectivity index (χ0v) is 18.0. The van der Waals surface area contributed by atoms with Crippen LogP contribution in [0.15, 0.2) is 77.3 Å². The number of ether oxygens (including phenoxy) is 2. The molecule has 0 aliphatic carbocycles. The number of H-pyrrole nitrogens is 1. The first-order valence-electron chi connectivity index (χ1n) is 10.6. The minimum absolute atomic E-state index is 0.233. The number of furan rings is 1. The van der Waals surface area contributed by atoms with E-state index in [4.69, 9.17) is 13.9 Å². The smallest absolute Gasteiger partial charge is 0.328 e. The van der Waals surface area contributed by atoms with E-state index in [-0.39, 0.29) is 6.61 Å². The Bertz CT molecular complexity index is 1470. The molecule has 33 heavy (non-hydrogen) atoms. The van der Waals surface area contributed by atoms with Gasteiger partial charge < -0.3 is 24.2 Å². The molecule has 0 spiro atoms. The fourth-order valence-electron chi connectivity index (χ4n) is 4.04. The minimum atomic E-state index is -0.828. The normalized spacial score (nSPS) is 12.2. The molecule has 166 valence electrons. The fraction of sp³-hybridized carbons (Fsp3) is 0.154. The number of nitrogens with one attached hydrogen (secondary N) is 2. The van der Waals surface area contributed by atoms with Crippen LogP contribution in [0.4, 0.5) is 0 Å². The number of aromatic nitrogens is 1. The predicted octanol–water partition coefficient (Wildman–Crippen LogP) is 4.35. The number of methoxy groups -OCH3 is 1. The van der Waals surface area contributed by atoms with Crippen molar-refractivity contribution in [1.82, 2.24) is 10.3 Å². The van der Waals surface area contributed by atoms with E-state index in [0.717, 1.165) is 38.4 Å². The number of esters is 1. The highest BCUT2D eigenvalue weighted by Gasteiger charge is 2.23. The van der Waals surface area contributed by atoms with Crippen LogP contribution in [0, 0.1) is 0 Å². The van der Waals surface area contributed by atoms with E-state index in [2.05, 4.69) is 10.3 Å². The zero-order valence-electron chi connectivity index (χ0n) is 18.0. The molecule has 0 aliphatic heterocycles. The van der Waals surface area contributed by atoms with Gasteiger partial charge in [0.2, 0.25) is 0 Å². The maximum absolute atomic E-state index is 12.6. The van der Waals surface area contributed by atoms with Crippen LogP contribution in [0.5, 0.6) is 5.75 Å². The van der Waals surface area contributed by atoms with Gasteiger partial charge in [-0.15, -0.1) is 0 Å². The van der Waals surface area contributed by atoms with Crippen molar-refractivity contribution in [1.29, 1.82) is 0 Å². The first-order valence-corrected chi connectivity index (χ1v) is 10.6. The highest BCUT2D eigenvalue weighted by molar-refractivity contribution is 6.05. The summed E-state index contributed by atoms with van der Waals surface area (Å²) in [5.74, 6) is -0.391. The lowest BCUT2D eigenvalue weighted by Crippen LogP contribution is -2.44. The molecule has 0 unspecified atom stereocenters. The predicted molar refractivity (Wildman–Crippen MR) is 125 cm³/mol. The molecule has 5 rings (SSSR count). The summed E-state index contributed by atoms with van der Waals surface area (Å²) in [7, 11) is 1.30. The number of rotatable bonds is 7. The van der Waals surface area contributed by atoms with Crippen molar-refractivity contribution >= 4 is 44.7 Å². The summed E-state index contributed by atoms with van der Waals surface area (Å²) in [6.45, 7) is -0.233. The van der Waals surface area contributed by atoms with Crippen LogP contribution in [-0.4, -0.2) is 36.6 Å². The van der Waals surface area contributed by atoms with Gasteiger partial charge in [0.25, 0.3) is 5.91 Å². The molecule has 0 radical (unpaired) electrons. The highest BCUT2D eigenvalue weighted by atomic mass is 16.5. The van der Waals surface area contributed by atoms with Gasteiger partial charge >= 0.3 is 5.97 Å². The number of aromatic amines is 1. The molecule has 7 nitrogen and oxygen atoms in total. The van der Waals surface area contributed by atoms with E-state index < -0.39 is 17.9 Å². The fourth-order valence-corrected chi connectivity index (χ4v) is 4.04. The van der Waals surface area contributed by atoms with Gasteiger partial charge in [0.15, 0.2) is 6.61 Å². The largest absolute Gasteiger partial charge is 0.484 e. The quantitative estimate of drug-likeness (QED) is 0.366. The van der Waals surface area contributed by atoms with Gasteiger partial charge in [-0.05, 0) is 35.9 Å². The summed E-state index contributed by atoms with van der Waals surface area (Å²) in [5, 5.41) is 5.62.